The maximum atomic E-state index is 15.2. The number of methoxy groups -OCH3 is 1. The Morgan fingerprint density at radius 3 is 2.38 bits per heavy atom. The number of carbonyl (C=O) groups excluding carboxylic acids is 1. The van der Waals surface area contributed by atoms with E-state index in [1.807, 2.05) is 24.3 Å². The molecule has 7 nitrogen and oxygen atoms in total. The number of hydrogen-bond acceptors (Lipinski definition) is 5. The standard InChI is InChI=1S/C30H24F5N5O2/c1-16-23-8-20(13-37-29(23)40(39-16)15-18-4-6-22(42-3)7-5-18)24-12-26(31)19(9-27(24)32)10-28(41)38-21-11-25(30(33,34)35)17(2)36-14-21/h4-9,11-14H,10,15H2,1-3H3,(H,38,41). The fourth-order valence-electron chi connectivity index (χ4n) is 4.58. The summed E-state index contributed by atoms with van der Waals surface area (Å²) in [6, 6.07) is 11.8. The summed E-state index contributed by atoms with van der Waals surface area (Å²) >= 11 is 0. The second-order valence-corrected chi connectivity index (χ2v) is 9.69. The number of benzene rings is 2. The van der Waals surface area contributed by atoms with Gasteiger partial charge in [0, 0.05) is 34.0 Å². The molecule has 1 N–H and O–H groups in total. The number of amides is 1. The van der Waals surface area contributed by atoms with Crippen molar-refractivity contribution in [3.63, 3.8) is 0 Å². The number of hydrogen-bond donors (Lipinski definition) is 1. The Labute approximate surface area is 237 Å². The zero-order valence-electron chi connectivity index (χ0n) is 22.7. The third-order valence-electron chi connectivity index (χ3n) is 6.74. The van der Waals surface area contributed by atoms with Gasteiger partial charge in [0.1, 0.15) is 17.4 Å². The average molecular weight is 582 g/mol. The number of aryl methyl sites for hydroxylation is 2. The van der Waals surface area contributed by atoms with E-state index >= 15 is 8.78 Å². The Morgan fingerprint density at radius 1 is 0.952 bits per heavy atom. The second kappa shape index (κ2) is 11.2. The van der Waals surface area contributed by atoms with Crippen LogP contribution >= 0.6 is 0 Å². The number of rotatable bonds is 7. The number of pyridine rings is 2. The Morgan fingerprint density at radius 2 is 1.69 bits per heavy atom. The first-order chi connectivity index (χ1) is 19.9. The first kappa shape index (κ1) is 28.7. The molecule has 3 aromatic heterocycles. The van der Waals surface area contributed by atoms with Gasteiger partial charge in [0.05, 0.1) is 43.2 Å². The summed E-state index contributed by atoms with van der Waals surface area (Å²) in [6.07, 6.45) is -2.78. The van der Waals surface area contributed by atoms with Crippen LogP contribution in [-0.2, 0) is 23.9 Å². The van der Waals surface area contributed by atoms with Crippen molar-refractivity contribution in [1.29, 1.82) is 0 Å². The first-order valence-electron chi connectivity index (χ1n) is 12.7. The third kappa shape index (κ3) is 5.92. The number of fused-ring (bicyclic) bond motifs is 1. The molecule has 0 saturated carbocycles. The zero-order chi connectivity index (χ0) is 30.2. The molecule has 0 spiro atoms. The summed E-state index contributed by atoms with van der Waals surface area (Å²) in [5, 5.41) is 7.47. The lowest BCUT2D eigenvalue weighted by Gasteiger charge is -2.12. The monoisotopic (exact) mass is 581 g/mol. The van der Waals surface area contributed by atoms with Gasteiger partial charge in [-0.25, -0.2) is 18.4 Å². The molecule has 3 heterocycles. The molecular formula is C30H24F5N5O2. The van der Waals surface area contributed by atoms with E-state index in [1.54, 1.807) is 24.8 Å². The van der Waals surface area contributed by atoms with E-state index in [-0.39, 0.29) is 22.5 Å². The molecular weight excluding hydrogens is 557 g/mol. The van der Waals surface area contributed by atoms with Gasteiger partial charge in [-0.15, -0.1) is 0 Å². The summed E-state index contributed by atoms with van der Waals surface area (Å²) in [4.78, 5) is 20.6. The molecule has 0 aliphatic carbocycles. The van der Waals surface area contributed by atoms with Crippen LogP contribution in [0.3, 0.4) is 0 Å². The minimum atomic E-state index is -4.66. The van der Waals surface area contributed by atoms with E-state index in [9.17, 15) is 18.0 Å². The van der Waals surface area contributed by atoms with Crippen LogP contribution in [0.5, 0.6) is 5.75 Å². The highest BCUT2D eigenvalue weighted by Gasteiger charge is 2.33. The van der Waals surface area contributed by atoms with Crippen molar-refractivity contribution < 1.29 is 31.5 Å². The lowest BCUT2D eigenvalue weighted by Crippen LogP contribution is -2.17. The number of nitrogens with one attached hydrogen (secondary N) is 1. The highest BCUT2D eigenvalue weighted by atomic mass is 19.4. The third-order valence-corrected chi connectivity index (χ3v) is 6.74. The van der Waals surface area contributed by atoms with Crippen molar-refractivity contribution in [2.45, 2.75) is 33.0 Å². The topological polar surface area (TPSA) is 81.9 Å². The average Bonchev–Trinajstić information content (AvgIpc) is 3.25. The van der Waals surface area contributed by atoms with Gasteiger partial charge in [0.2, 0.25) is 5.91 Å². The molecule has 0 radical (unpaired) electrons. The van der Waals surface area contributed by atoms with Gasteiger partial charge in [0.25, 0.3) is 0 Å². The van der Waals surface area contributed by atoms with Crippen molar-refractivity contribution in [3.05, 3.63) is 101 Å². The van der Waals surface area contributed by atoms with E-state index in [0.717, 1.165) is 35.7 Å². The number of anilines is 1. The van der Waals surface area contributed by atoms with Crippen LogP contribution in [-0.4, -0.2) is 32.8 Å². The molecule has 5 aromatic rings. The molecule has 0 aliphatic rings. The van der Waals surface area contributed by atoms with Gasteiger partial charge in [-0.05, 0) is 55.8 Å². The quantitative estimate of drug-likeness (QED) is 0.218. The van der Waals surface area contributed by atoms with Crippen LogP contribution in [0.25, 0.3) is 22.2 Å². The van der Waals surface area contributed by atoms with E-state index < -0.39 is 35.7 Å². The Kier molecular flexibility index (Phi) is 7.63. The number of aromatic nitrogens is 4. The normalized spacial score (nSPS) is 11.6. The van der Waals surface area contributed by atoms with Crippen molar-refractivity contribution >= 4 is 22.6 Å². The number of carbonyl (C=O) groups is 1. The molecule has 0 atom stereocenters. The highest BCUT2D eigenvalue weighted by molar-refractivity contribution is 5.92. The van der Waals surface area contributed by atoms with Crippen molar-refractivity contribution in [3.8, 4) is 16.9 Å². The molecule has 0 aliphatic heterocycles. The number of ether oxygens (including phenoxy) is 1. The molecule has 12 heteroatoms. The maximum absolute atomic E-state index is 15.2. The first-order valence-corrected chi connectivity index (χ1v) is 12.7. The molecule has 42 heavy (non-hydrogen) atoms. The molecule has 5 rings (SSSR count). The van der Waals surface area contributed by atoms with Gasteiger partial charge >= 0.3 is 6.18 Å². The van der Waals surface area contributed by atoms with Gasteiger partial charge < -0.3 is 10.1 Å². The largest absolute Gasteiger partial charge is 0.497 e. The van der Waals surface area contributed by atoms with E-state index in [1.165, 1.54) is 13.1 Å². The van der Waals surface area contributed by atoms with E-state index in [2.05, 4.69) is 20.4 Å². The minimum absolute atomic E-state index is 0.0640. The van der Waals surface area contributed by atoms with Crippen LogP contribution in [0.15, 0.2) is 60.9 Å². The Hall–Kier alpha value is -4.87. The van der Waals surface area contributed by atoms with Crippen LogP contribution in [0, 0.1) is 25.5 Å². The second-order valence-electron chi connectivity index (χ2n) is 9.69. The van der Waals surface area contributed by atoms with Crippen LogP contribution < -0.4 is 10.1 Å². The SMILES string of the molecule is COc1ccc(Cn2nc(C)c3cc(-c4cc(F)c(CC(=O)Nc5cnc(C)c(C(F)(F)F)c5)cc4F)cnc32)cc1. The van der Waals surface area contributed by atoms with Gasteiger partial charge in [-0.2, -0.15) is 18.3 Å². The van der Waals surface area contributed by atoms with Gasteiger partial charge in [-0.1, -0.05) is 12.1 Å². The molecule has 0 saturated heterocycles. The molecule has 2 aromatic carbocycles. The molecule has 0 unspecified atom stereocenters. The smallest absolute Gasteiger partial charge is 0.418 e. The van der Waals surface area contributed by atoms with Crippen molar-refractivity contribution in [2.75, 3.05) is 12.4 Å². The maximum Gasteiger partial charge on any atom is 0.418 e. The zero-order valence-corrected chi connectivity index (χ0v) is 22.7. The summed E-state index contributed by atoms with van der Waals surface area (Å²) in [6.45, 7) is 3.42. The van der Waals surface area contributed by atoms with Crippen LogP contribution in [0.4, 0.5) is 27.6 Å². The number of halogens is 5. The molecule has 1 amide bonds. The van der Waals surface area contributed by atoms with Gasteiger partial charge in [0.15, 0.2) is 5.65 Å². The van der Waals surface area contributed by atoms with Crippen molar-refractivity contribution in [2.24, 2.45) is 0 Å². The highest BCUT2D eigenvalue weighted by Crippen LogP contribution is 2.33. The van der Waals surface area contributed by atoms with Crippen LogP contribution in [0.1, 0.15) is 28.1 Å². The Balaban J connectivity index is 1.36. The fourth-order valence-corrected chi connectivity index (χ4v) is 4.58. The van der Waals surface area contributed by atoms with Crippen molar-refractivity contribution in [1.82, 2.24) is 19.7 Å². The predicted octanol–water partition coefficient (Wildman–Crippen LogP) is 6.65. The number of alkyl halides is 3. The van der Waals surface area contributed by atoms with Gasteiger partial charge in [-0.3, -0.25) is 9.78 Å². The fraction of sp³-hybridized carbons (Fsp3) is 0.200. The van der Waals surface area contributed by atoms with E-state index in [4.69, 9.17) is 4.74 Å². The molecule has 0 fully saturated rings. The summed E-state index contributed by atoms with van der Waals surface area (Å²) in [5.74, 6) is -1.75. The minimum Gasteiger partial charge on any atom is -0.497 e. The molecule has 216 valence electrons. The summed E-state index contributed by atoms with van der Waals surface area (Å²) in [7, 11) is 1.59. The summed E-state index contributed by atoms with van der Waals surface area (Å²) < 4.78 is 76.6. The lowest BCUT2D eigenvalue weighted by atomic mass is 10.0. The number of nitrogens with zero attached hydrogens (tertiary/aromatic N) is 4. The van der Waals surface area contributed by atoms with Crippen LogP contribution in [0.2, 0.25) is 0 Å². The Bertz CT molecular complexity index is 1800. The molecule has 0 bridgehead atoms. The van der Waals surface area contributed by atoms with E-state index in [0.29, 0.717) is 28.8 Å². The summed E-state index contributed by atoms with van der Waals surface area (Å²) in [5.41, 5.74) is 0.712. The predicted molar refractivity (Wildman–Crippen MR) is 146 cm³/mol. The lowest BCUT2D eigenvalue weighted by molar-refractivity contribution is -0.138.